The van der Waals surface area contributed by atoms with E-state index >= 15 is 0 Å². The average molecular weight is 275 g/mol. The molecule has 3 nitrogen and oxygen atoms in total. The Morgan fingerprint density at radius 2 is 2.05 bits per heavy atom. The summed E-state index contributed by atoms with van der Waals surface area (Å²) in [6.45, 7) is 7.51. The second kappa shape index (κ2) is 6.26. The first kappa shape index (κ1) is 14.2. The smallest absolute Gasteiger partial charge is 0.0953 e. The quantitative estimate of drug-likeness (QED) is 0.830. The summed E-state index contributed by atoms with van der Waals surface area (Å²) in [5.74, 6) is 0.514. The van der Waals surface area contributed by atoms with Crippen LogP contribution < -0.4 is 0 Å². The lowest BCUT2D eigenvalue weighted by Gasteiger charge is -2.23. The highest BCUT2D eigenvalue weighted by Crippen LogP contribution is 2.25. The summed E-state index contributed by atoms with van der Waals surface area (Å²) in [6, 6.07) is 4.47. The normalized spacial score (nSPS) is 13.2. The van der Waals surface area contributed by atoms with E-state index in [2.05, 4.69) is 48.8 Å². The number of thiazole rings is 1. The molecule has 4 heteroatoms. The average Bonchev–Trinajstić information content (AvgIpc) is 2.87. The first-order chi connectivity index (χ1) is 9.08. The van der Waals surface area contributed by atoms with Gasteiger partial charge in [-0.3, -0.25) is 9.88 Å². The Hall–Kier alpha value is -1.26. The largest absolute Gasteiger partial charge is 0.294 e. The molecule has 0 aliphatic heterocycles. The van der Waals surface area contributed by atoms with E-state index in [4.69, 9.17) is 0 Å². The zero-order valence-electron chi connectivity index (χ0n) is 12.0. The number of hydrogen-bond acceptors (Lipinski definition) is 4. The highest BCUT2D eigenvalue weighted by atomic mass is 32.1. The first-order valence-corrected chi connectivity index (χ1v) is 7.44. The van der Waals surface area contributed by atoms with Crippen LogP contribution in [0.1, 0.15) is 48.2 Å². The van der Waals surface area contributed by atoms with Gasteiger partial charge < -0.3 is 0 Å². The minimum Gasteiger partial charge on any atom is -0.294 e. The van der Waals surface area contributed by atoms with E-state index in [-0.39, 0.29) is 0 Å². The van der Waals surface area contributed by atoms with Gasteiger partial charge in [0, 0.05) is 42.0 Å². The Morgan fingerprint density at radius 3 is 2.63 bits per heavy atom. The molecule has 102 valence electrons. The van der Waals surface area contributed by atoms with Crippen LogP contribution in [0, 0.1) is 0 Å². The summed E-state index contributed by atoms with van der Waals surface area (Å²) >= 11 is 1.81. The van der Waals surface area contributed by atoms with Crippen LogP contribution >= 0.6 is 11.3 Å². The first-order valence-electron chi connectivity index (χ1n) is 6.62. The van der Waals surface area contributed by atoms with E-state index < -0.39 is 0 Å². The van der Waals surface area contributed by atoms with Crippen LogP contribution in [0.3, 0.4) is 0 Å². The third-order valence-corrected chi connectivity index (χ3v) is 4.58. The van der Waals surface area contributed by atoms with Crippen molar-refractivity contribution in [3.8, 4) is 0 Å². The van der Waals surface area contributed by atoms with Gasteiger partial charge in [-0.15, -0.1) is 11.3 Å². The van der Waals surface area contributed by atoms with E-state index in [1.807, 2.05) is 36.0 Å². The molecule has 0 spiro atoms. The maximum Gasteiger partial charge on any atom is 0.0953 e. The van der Waals surface area contributed by atoms with Gasteiger partial charge in [0.2, 0.25) is 0 Å². The molecule has 1 atom stereocenters. The molecule has 0 saturated heterocycles. The molecular formula is C15H21N3S. The molecule has 0 radical (unpaired) electrons. The Bertz CT molecular complexity index is 507. The van der Waals surface area contributed by atoms with E-state index in [1.54, 1.807) is 0 Å². The maximum atomic E-state index is 4.48. The van der Waals surface area contributed by atoms with Gasteiger partial charge in [0.25, 0.3) is 0 Å². The molecule has 0 aliphatic carbocycles. The van der Waals surface area contributed by atoms with Crippen LogP contribution in [-0.2, 0) is 6.54 Å². The number of aromatic nitrogens is 2. The van der Waals surface area contributed by atoms with Crippen molar-refractivity contribution in [1.29, 1.82) is 0 Å². The predicted octanol–water partition coefficient (Wildman–Crippen LogP) is 3.85. The summed E-state index contributed by atoms with van der Waals surface area (Å²) < 4.78 is 0. The lowest BCUT2D eigenvalue weighted by Crippen LogP contribution is -2.21. The van der Waals surface area contributed by atoms with E-state index in [9.17, 15) is 0 Å². The summed E-state index contributed by atoms with van der Waals surface area (Å²) in [4.78, 5) is 12.3. The fourth-order valence-electron chi connectivity index (χ4n) is 1.92. The Labute approximate surface area is 119 Å². The van der Waals surface area contributed by atoms with Gasteiger partial charge in [-0.2, -0.15) is 0 Å². The van der Waals surface area contributed by atoms with E-state index in [1.165, 1.54) is 15.4 Å². The van der Waals surface area contributed by atoms with Crippen molar-refractivity contribution in [1.82, 2.24) is 14.9 Å². The lowest BCUT2D eigenvalue weighted by molar-refractivity contribution is 0.255. The molecule has 0 aliphatic rings. The number of pyridine rings is 1. The van der Waals surface area contributed by atoms with Crippen molar-refractivity contribution in [2.24, 2.45) is 0 Å². The molecule has 0 unspecified atom stereocenters. The van der Waals surface area contributed by atoms with Crippen LogP contribution in [0.5, 0.6) is 0 Å². The van der Waals surface area contributed by atoms with Gasteiger partial charge in [0.1, 0.15) is 0 Å². The highest BCUT2D eigenvalue weighted by molar-refractivity contribution is 7.11. The second-order valence-electron chi connectivity index (χ2n) is 5.20. The van der Waals surface area contributed by atoms with Gasteiger partial charge in [-0.1, -0.05) is 19.9 Å². The molecule has 2 heterocycles. The fourth-order valence-corrected chi connectivity index (χ4v) is 2.91. The van der Waals surface area contributed by atoms with Gasteiger partial charge in [-0.25, -0.2) is 4.98 Å². The van der Waals surface area contributed by atoms with Crippen molar-refractivity contribution in [3.05, 3.63) is 46.2 Å². The van der Waals surface area contributed by atoms with Crippen molar-refractivity contribution in [3.63, 3.8) is 0 Å². The van der Waals surface area contributed by atoms with Gasteiger partial charge in [0.15, 0.2) is 0 Å². The number of hydrogen-bond donors (Lipinski definition) is 0. The highest BCUT2D eigenvalue weighted by Gasteiger charge is 2.14. The Balaban J connectivity index is 2.02. The zero-order chi connectivity index (χ0) is 13.8. The molecule has 0 fully saturated rings. The minimum absolute atomic E-state index is 0.360. The van der Waals surface area contributed by atoms with Crippen LogP contribution in [0.2, 0.25) is 0 Å². The van der Waals surface area contributed by atoms with Gasteiger partial charge in [-0.05, 0) is 25.6 Å². The van der Waals surface area contributed by atoms with Crippen molar-refractivity contribution in [2.75, 3.05) is 7.05 Å². The summed E-state index contributed by atoms with van der Waals surface area (Å²) in [7, 11) is 2.15. The molecule has 0 aromatic carbocycles. The van der Waals surface area contributed by atoms with Gasteiger partial charge in [0.05, 0.1) is 5.01 Å². The maximum absolute atomic E-state index is 4.48. The minimum atomic E-state index is 0.360. The summed E-state index contributed by atoms with van der Waals surface area (Å²) in [5, 5.41) is 1.22. The molecule has 0 amide bonds. The molecule has 2 aromatic heterocycles. The second-order valence-corrected chi connectivity index (χ2v) is 6.34. The molecule has 2 aromatic rings. The third kappa shape index (κ3) is 3.61. The molecule has 0 N–H and O–H groups in total. The van der Waals surface area contributed by atoms with E-state index in [0.29, 0.717) is 12.0 Å². The lowest BCUT2D eigenvalue weighted by atomic mass is 10.1. The third-order valence-electron chi connectivity index (χ3n) is 3.30. The van der Waals surface area contributed by atoms with Crippen LogP contribution in [0.4, 0.5) is 0 Å². The fraction of sp³-hybridized carbons (Fsp3) is 0.467. The molecule has 2 rings (SSSR count). The predicted molar refractivity (Wildman–Crippen MR) is 80.3 cm³/mol. The van der Waals surface area contributed by atoms with Crippen LogP contribution in [-0.4, -0.2) is 21.9 Å². The van der Waals surface area contributed by atoms with Gasteiger partial charge >= 0.3 is 0 Å². The monoisotopic (exact) mass is 275 g/mol. The summed E-state index contributed by atoms with van der Waals surface area (Å²) in [5.41, 5.74) is 1.25. The van der Waals surface area contributed by atoms with Crippen LogP contribution in [0.15, 0.2) is 30.7 Å². The molecule has 0 bridgehead atoms. The summed E-state index contributed by atoms with van der Waals surface area (Å²) in [6.07, 6.45) is 5.76. The molecule has 0 saturated carbocycles. The van der Waals surface area contributed by atoms with Crippen molar-refractivity contribution < 1.29 is 0 Å². The standard InChI is InChI=1S/C15H21N3S/c1-11(2)15-17-9-14(19-15)10-18(4)12(3)13-6-5-7-16-8-13/h5-9,11-12H,10H2,1-4H3/t12-/m1/s1. The van der Waals surface area contributed by atoms with Crippen molar-refractivity contribution >= 4 is 11.3 Å². The molecule has 19 heavy (non-hydrogen) atoms. The van der Waals surface area contributed by atoms with E-state index in [0.717, 1.165) is 6.54 Å². The number of rotatable bonds is 5. The molecular weight excluding hydrogens is 254 g/mol. The SMILES string of the molecule is CC(C)c1ncc(CN(C)[C@H](C)c2cccnc2)s1. The van der Waals surface area contributed by atoms with Crippen molar-refractivity contribution in [2.45, 2.75) is 39.3 Å². The zero-order valence-corrected chi connectivity index (χ0v) is 12.8. The van der Waals surface area contributed by atoms with Crippen LogP contribution in [0.25, 0.3) is 0 Å². The Kier molecular flexibility index (Phi) is 4.66. The number of nitrogens with zero attached hydrogens (tertiary/aromatic N) is 3. The topological polar surface area (TPSA) is 29.0 Å². The Morgan fingerprint density at radius 1 is 1.26 bits per heavy atom.